The van der Waals surface area contributed by atoms with Crippen molar-refractivity contribution in [3.8, 4) is 0 Å². The predicted octanol–water partition coefficient (Wildman–Crippen LogP) is 2.01. The highest BCUT2D eigenvalue weighted by Crippen LogP contribution is 2.19. The largest absolute Gasteiger partial charge is 0.341 e. The number of hydrogen-bond donors (Lipinski definition) is 0. The minimum Gasteiger partial charge on any atom is -0.341 e. The number of rotatable bonds is 2. The molecule has 108 valence electrons. The van der Waals surface area contributed by atoms with Crippen LogP contribution in [-0.2, 0) is 0 Å². The lowest BCUT2D eigenvalue weighted by Crippen LogP contribution is -2.36. The van der Waals surface area contributed by atoms with Gasteiger partial charge in [-0.25, -0.2) is 9.97 Å². The second kappa shape index (κ2) is 5.77. The Kier molecular flexibility index (Phi) is 3.85. The number of carbonyl (C=O) groups is 1. The average Bonchev–Trinajstić information content (AvgIpc) is 3.01. The summed E-state index contributed by atoms with van der Waals surface area (Å²) in [5, 5.41) is 0. The van der Waals surface area contributed by atoms with Crippen LogP contribution in [0.2, 0.25) is 0 Å². The Balaban J connectivity index is 1.77. The molecule has 3 rings (SSSR count). The summed E-state index contributed by atoms with van der Waals surface area (Å²) >= 11 is 0. The minimum atomic E-state index is 0.0928. The summed E-state index contributed by atoms with van der Waals surface area (Å²) in [5.74, 6) is 0.866. The Labute approximate surface area is 120 Å². The molecule has 5 nitrogen and oxygen atoms in total. The number of likely N-dealkylation sites (tertiary alicyclic amines) is 1. The van der Waals surface area contributed by atoms with Crippen molar-refractivity contribution in [2.24, 2.45) is 0 Å². The molecule has 20 heavy (non-hydrogen) atoms. The van der Waals surface area contributed by atoms with Gasteiger partial charge in [0.25, 0.3) is 5.91 Å². The summed E-state index contributed by atoms with van der Waals surface area (Å²) in [6.45, 7) is 5.70. The smallest absolute Gasteiger partial charge is 0.257 e. The van der Waals surface area contributed by atoms with Crippen LogP contribution in [0.3, 0.4) is 0 Å². The molecule has 2 aliphatic rings. The lowest BCUT2D eigenvalue weighted by Gasteiger charge is -2.27. The molecule has 0 unspecified atom stereocenters. The van der Waals surface area contributed by atoms with Gasteiger partial charge in [-0.3, -0.25) is 4.79 Å². The van der Waals surface area contributed by atoms with E-state index in [9.17, 15) is 4.79 Å². The summed E-state index contributed by atoms with van der Waals surface area (Å²) < 4.78 is 0. The molecule has 0 radical (unpaired) electrons. The van der Waals surface area contributed by atoms with E-state index in [-0.39, 0.29) is 5.91 Å². The molecule has 0 spiro atoms. The zero-order valence-electron chi connectivity index (χ0n) is 12.1. The number of anilines is 1. The van der Waals surface area contributed by atoms with E-state index in [1.165, 1.54) is 19.3 Å². The molecule has 2 fully saturated rings. The highest BCUT2D eigenvalue weighted by molar-refractivity contribution is 5.95. The van der Waals surface area contributed by atoms with Crippen molar-refractivity contribution < 1.29 is 4.79 Å². The summed E-state index contributed by atoms with van der Waals surface area (Å²) in [5.41, 5.74) is 1.47. The molecule has 2 aliphatic heterocycles. The summed E-state index contributed by atoms with van der Waals surface area (Å²) in [4.78, 5) is 25.6. The molecule has 2 saturated heterocycles. The molecular formula is C15H22N4O. The fourth-order valence-electron chi connectivity index (χ4n) is 3.00. The van der Waals surface area contributed by atoms with Crippen LogP contribution >= 0.6 is 0 Å². The van der Waals surface area contributed by atoms with Crippen LogP contribution in [0, 0.1) is 6.92 Å². The fourth-order valence-corrected chi connectivity index (χ4v) is 3.00. The molecule has 0 saturated carbocycles. The van der Waals surface area contributed by atoms with E-state index in [0.29, 0.717) is 5.56 Å². The third kappa shape index (κ3) is 2.62. The first-order chi connectivity index (χ1) is 9.75. The SMILES string of the molecule is Cc1nc(N2CCCC2)ncc1C(=O)N1CCCCC1. The zero-order chi connectivity index (χ0) is 13.9. The molecule has 1 aromatic rings. The summed E-state index contributed by atoms with van der Waals surface area (Å²) in [7, 11) is 0. The Morgan fingerprint density at radius 1 is 1.05 bits per heavy atom. The third-order valence-electron chi connectivity index (χ3n) is 4.23. The molecular weight excluding hydrogens is 252 g/mol. The Morgan fingerprint density at radius 2 is 1.70 bits per heavy atom. The number of hydrogen-bond acceptors (Lipinski definition) is 4. The highest BCUT2D eigenvalue weighted by Gasteiger charge is 2.22. The number of aryl methyl sites for hydroxylation is 1. The maximum Gasteiger partial charge on any atom is 0.257 e. The molecule has 0 N–H and O–H groups in total. The minimum absolute atomic E-state index is 0.0928. The molecule has 1 amide bonds. The van der Waals surface area contributed by atoms with Gasteiger partial charge >= 0.3 is 0 Å². The molecule has 0 aliphatic carbocycles. The quantitative estimate of drug-likeness (QED) is 0.828. The summed E-state index contributed by atoms with van der Waals surface area (Å²) in [6, 6.07) is 0. The van der Waals surface area contributed by atoms with Gasteiger partial charge in [-0.15, -0.1) is 0 Å². The topological polar surface area (TPSA) is 49.3 Å². The van der Waals surface area contributed by atoms with Gasteiger partial charge < -0.3 is 9.80 Å². The van der Waals surface area contributed by atoms with Crippen LogP contribution in [0.25, 0.3) is 0 Å². The lowest BCUT2D eigenvalue weighted by molar-refractivity contribution is 0.0722. The van der Waals surface area contributed by atoms with Crippen LogP contribution in [0.5, 0.6) is 0 Å². The van der Waals surface area contributed by atoms with E-state index in [0.717, 1.165) is 50.7 Å². The first-order valence-electron chi connectivity index (χ1n) is 7.63. The van der Waals surface area contributed by atoms with E-state index in [1.54, 1.807) is 6.20 Å². The van der Waals surface area contributed by atoms with Crippen molar-refractivity contribution in [1.29, 1.82) is 0 Å². The molecule has 0 bridgehead atoms. The molecule has 5 heteroatoms. The normalized spacial score (nSPS) is 19.4. The summed E-state index contributed by atoms with van der Waals surface area (Å²) in [6.07, 6.45) is 7.57. The van der Waals surface area contributed by atoms with Gasteiger partial charge in [0.05, 0.1) is 11.3 Å². The van der Waals surface area contributed by atoms with Gasteiger partial charge in [0, 0.05) is 32.4 Å². The van der Waals surface area contributed by atoms with E-state index in [4.69, 9.17) is 0 Å². The second-order valence-electron chi connectivity index (χ2n) is 5.72. The number of amides is 1. The van der Waals surface area contributed by atoms with E-state index >= 15 is 0 Å². The number of carbonyl (C=O) groups excluding carboxylic acids is 1. The van der Waals surface area contributed by atoms with Crippen molar-refractivity contribution in [3.63, 3.8) is 0 Å². The first-order valence-corrected chi connectivity index (χ1v) is 7.63. The van der Waals surface area contributed by atoms with Crippen molar-refractivity contribution >= 4 is 11.9 Å². The molecule has 0 aromatic carbocycles. The Morgan fingerprint density at radius 3 is 2.35 bits per heavy atom. The standard InChI is InChI=1S/C15H22N4O/c1-12-13(14(20)18-7-3-2-4-8-18)11-16-15(17-12)19-9-5-6-10-19/h11H,2-10H2,1H3. The van der Waals surface area contributed by atoms with Crippen molar-refractivity contribution in [2.45, 2.75) is 39.0 Å². The monoisotopic (exact) mass is 274 g/mol. The first kappa shape index (κ1) is 13.3. The predicted molar refractivity (Wildman–Crippen MR) is 78.0 cm³/mol. The zero-order valence-corrected chi connectivity index (χ0v) is 12.1. The van der Waals surface area contributed by atoms with E-state index < -0.39 is 0 Å². The van der Waals surface area contributed by atoms with Crippen molar-refractivity contribution in [2.75, 3.05) is 31.1 Å². The molecule has 1 aromatic heterocycles. The molecule has 3 heterocycles. The van der Waals surface area contributed by atoms with Crippen LogP contribution < -0.4 is 4.90 Å². The number of aromatic nitrogens is 2. The van der Waals surface area contributed by atoms with Gasteiger partial charge in [-0.05, 0) is 39.0 Å². The van der Waals surface area contributed by atoms with Crippen molar-refractivity contribution in [1.82, 2.24) is 14.9 Å². The van der Waals surface area contributed by atoms with Gasteiger partial charge in [-0.2, -0.15) is 0 Å². The van der Waals surface area contributed by atoms with Gasteiger partial charge in [0.15, 0.2) is 0 Å². The maximum atomic E-state index is 12.5. The van der Waals surface area contributed by atoms with Crippen LogP contribution in [0.4, 0.5) is 5.95 Å². The fraction of sp³-hybridized carbons (Fsp3) is 0.667. The maximum absolute atomic E-state index is 12.5. The average molecular weight is 274 g/mol. The van der Waals surface area contributed by atoms with Gasteiger partial charge in [0.1, 0.15) is 0 Å². The van der Waals surface area contributed by atoms with Crippen LogP contribution in [0.1, 0.15) is 48.2 Å². The van der Waals surface area contributed by atoms with E-state index in [1.807, 2.05) is 11.8 Å². The Bertz CT molecular complexity index is 491. The Hall–Kier alpha value is -1.65. The lowest BCUT2D eigenvalue weighted by atomic mass is 10.1. The van der Waals surface area contributed by atoms with Crippen LogP contribution in [-0.4, -0.2) is 47.0 Å². The molecule has 0 atom stereocenters. The second-order valence-corrected chi connectivity index (χ2v) is 5.72. The number of nitrogens with zero attached hydrogens (tertiary/aromatic N) is 4. The third-order valence-corrected chi connectivity index (χ3v) is 4.23. The van der Waals surface area contributed by atoms with Crippen molar-refractivity contribution in [3.05, 3.63) is 17.5 Å². The van der Waals surface area contributed by atoms with Gasteiger partial charge in [-0.1, -0.05) is 0 Å². The highest BCUT2D eigenvalue weighted by atomic mass is 16.2. The van der Waals surface area contributed by atoms with Gasteiger partial charge in [0.2, 0.25) is 5.95 Å². The number of piperidine rings is 1. The van der Waals surface area contributed by atoms with E-state index in [2.05, 4.69) is 14.9 Å². The van der Waals surface area contributed by atoms with Crippen LogP contribution in [0.15, 0.2) is 6.20 Å².